The molecular weight excluding hydrogens is 246 g/mol. The van der Waals surface area contributed by atoms with Gasteiger partial charge in [-0.2, -0.15) is 5.10 Å². The zero-order chi connectivity index (χ0) is 12.6. The van der Waals surface area contributed by atoms with E-state index in [9.17, 15) is 13.2 Å². The Bertz CT molecular complexity index is 545. The number of carboxylic acid groups (broad SMARTS) is 1. The van der Waals surface area contributed by atoms with E-state index in [0.29, 0.717) is 12.5 Å². The lowest BCUT2D eigenvalue weighted by molar-refractivity contribution is 0.0686. The second-order valence-electron chi connectivity index (χ2n) is 4.13. The third kappa shape index (κ3) is 2.47. The minimum Gasteiger partial charge on any atom is -0.476 e. The van der Waals surface area contributed by atoms with Gasteiger partial charge in [-0.05, 0) is 25.7 Å². The molecule has 2 rings (SSSR count). The lowest BCUT2D eigenvalue weighted by Gasteiger charge is -2.05. The van der Waals surface area contributed by atoms with E-state index >= 15 is 0 Å². The maximum Gasteiger partial charge on any atom is 0.357 e. The highest BCUT2D eigenvalue weighted by Crippen LogP contribution is 2.28. The van der Waals surface area contributed by atoms with E-state index in [1.165, 1.54) is 6.92 Å². The number of sulfonamides is 1. The van der Waals surface area contributed by atoms with Crippen molar-refractivity contribution in [2.24, 2.45) is 5.92 Å². The van der Waals surface area contributed by atoms with Crippen molar-refractivity contribution in [3.8, 4) is 0 Å². The van der Waals surface area contributed by atoms with Crippen LogP contribution in [-0.2, 0) is 10.0 Å². The fourth-order valence-electron chi connectivity index (χ4n) is 1.51. The summed E-state index contributed by atoms with van der Waals surface area (Å²) in [4.78, 5) is 10.6. The first kappa shape index (κ1) is 12.1. The van der Waals surface area contributed by atoms with Gasteiger partial charge >= 0.3 is 5.97 Å². The van der Waals surface area contributed by atoms with Crippen LogP contribution in [0.3, 0.4) is 0 Å². The molecule has 0 amide bonds. The lowest BCUT2D eigenvalue weighted by Crippen LogP contribution is -2.27. The fourth-order valence-corrected chi connectivity index (χ4v) is 2.95. The van der Waals surface area contributed by atoms with Crippen LogP contribution in [0, 0.1) is 12.8 Å². The van der Waals surface area contributed by atoms with Crippen LogP contribution in [0.15, 0.2) is 4.90 Å². The summed E-state index contributed by atoms with van der Waals surface area (Å²) in [7, 11) is -3.80. The average molecular weight is 259 g/mol. The molecule has 0 unspecified atom stereocenters. The third-order valence-electron chi connectivity index (χ3n) is 2.62. The summed E-state index contributed by atoms with van der Waals surface area (Å²) in [6, 6.07) is 0. The molecular formula is C9H13N3O4S. The number of nitrogens with zero attached hydrogens (tertiary/aromatic N) is 1. The molecule has 1 fully saturated rings. The van der Waals surface area contributed by atoms with Crippen molar-refractivity contribution in [1.82, 2.24) is 14.9 Å². The first-order valence-electron chi connectivity index (χ1n) is 5.19. The molecule has 1 aromatic heterocycles. The van der Waals surface area contributed by atoms with Crippen molar-refractivity contribution >= 4 is 16.0 Å². The number of carboxylic acids is 1. The Labute approximate surface area is 98.3 Å². The zero-order valence-corrected chi connectivity index (χ0v) is 10.0. The molecule has 0 aromatic carbocycles. The number of hydrogen-bond acceptors (Lipinski definition) is 4. The molecule has 0 radical (unpaired) electrons. The van der Waals surface area contributed by atoms with Crippen molar-refractivity contribution < 1.29 is 18.3 Å². The van der Waals surface area contributed by atoms with Gasteiger partial charge in [-0.3, -0.25) is 5.10 Å². The molecule has 7 nitrogen and oxygen atoms in total. The molecule has 1 aliphatic carbocycles. The Morgan fingerprint density at radius 1 is 1.59 bits per heavy atom. The highest BCUT2D eigenvalue weighted by molar-refractivity contribution is 7.89. The monoisotopic (exact) mass is 259 g/mol. The number of aromatic nitrogens is 2. The van der Waals surface area contributed by atoms with Gasteiger partial charge in [0.2, 0.25) is 10.0 Å². The van der Waals surface area contributed by atoms with Crippen molar-refractivity contribution in [3.05, 3.63) is 11.4 Å². The summed E-state index contributed by atoms with van der Waals surface area (Å²) in [6.45, 7) is 1.83. The predicted octanol–water partition coefficient (Wildman–Crippen LogP) is 0.105. The second kappa shape index (κ2) is 4.11. The zero-order valence-electron chi connectivity index (χ0n) is 9.23. The van der Waals surface area contributed by atoms with Gasteiger partial charge in [0, 0.05) is 6.54 Å². The van der Waals surface area contributed by atoms with Gasteiger partial charge in [-0.1, -0.05) is 0 Å². The van der Waals surface area contributed by atoms with E-state index in [2.05, 4.69) is 14.9 Å². The van der Waals surface area contributed by atoms with Crippen molar-refractivity contribution in [3.63, 3.8) is 0 Å². The van der Waals surface area contributed by atoms with Gasteiger partial charge in [-0.15, -0.1) is 0 Å². The van der Waals surface area contributed by atoms with Gasteiger partial charge in [0.1, 0.15) is 4.90 Å². The van der Waals surface area contributed by atoms with E-state index in [1.807, 2.05) is 0 Å². The molecule has 0 aliphatic heterocycles. The highest BCUT2D eigenvalue weighted by Gasteiger charge is 2.30. The molecule has 0 bridgehead atoms. The van der Waals surface area contributed by atoms with E-state index in [4.69, 9.17) is 5.11 Å². The molecule has 0 spiro atoms. The number of H-pyrrole nitrogens is 1. The SMILES string of the molecule is Cc1[nH]nc(C(=O)O)c1S(=O)(=O)NCC1CC1. The van der Waals surface area contributed by atoms with Gasteiger partial charge in [0.25, 0.3) is 0 Å². The molecule has 17 heavy (non-hydrogen) atoms. The first-order valence-corrected chi connectivity index (χ1v) is 6.68. The maximum atomic E-state index is 11.9. The summed E-state index contributed by atoms with van der Waals surface area (Å²) in [5.41, 5.74) is -0.239. The summed E-state index contributed by atoms with van der Waals surface area (Å²) in [5, 5.41) is 14.7. The topological polar surface area (TPSA) is 112 Å². The summed E-state index contributed by atoms with van der Waals surface area (Å²) >= 11 is 0. The van der Waals surface area contributed by atoms with E-state index in [1.54, 1.807) is 0 Å². The van der Waals surface area contributed by atoms with Crippen LogP contribution >= 0.6 is 0 Å². The molecule has 1 aromatic rings. The smallest absolute Gasteiger partial charge is 0.357 e. The average Bonchev–Trinajstić information content (AvgIpc) is 2.97. The number of aryl methyl sites for hydroxylation is 1. The summed E-state index contributed by atoms with van der Waals surface area (Å²) in [6.07, 6.45) is 2.03. The number of carbonyl (C=O) groups is 1. The van der Waals surface area contributed by atoms with Crippen LogP contribution in [0.5, 0.6) is 0 Å². The van der Waals surface area contributed by atoms with Crippen LogP contribution in [0.25, 0.3) is 0 Å². The van der Waals surface area contributed by atoms with Gasteiger partial charge in [0.05, 0.1) is 5.69 Å². The standard InChI is InChI=1S/C9H13N3O4S/c1-5-8(7(9(13)14)12-11-5)17(15,16)10-4-6-2-3-6/h6,10H,2-4H2,1H3,(H,11,12)(H,13,14). The van der Waals surface area contributed by atoms with Crippen LogP contribution in [0.2, 0.25) is 0 Å². The van der Waals surface area contributed by atoms with Crippen LogP contribution < -0.4 is 4.72 Å². The van der Waals surface area contributed by atoms with E-state index in [-0.39, 0.29) is 10.6 Å². The Hall–Kier alpha value is -1.41. The number of aromatic amines is 1. The van der Waals surface area contributed by atoms with Crippen LogP contribution in [0.1, 0.15) is 29.0 Å². The van der Waals surface area contributed by atoms with Gasteiger partial charge in [0.15, 0.2) is 5.69 Å². The largest absolute Gasteiger partial charge is 0.476 e. The van der Waals surface area contributed by atoms with E-state index in [0.717, 1.165) is 12.8 Å². The normalized spacial score (nSPS) is 16.1. The summed E-state index contributed by atoms with van der Waals surface area (Å²) < 4.78 is 26.3. The summed E-state index contributed by atoms with van der Waals surface area (Å²) in [5.74, 6) is -0.980. The first-order chi connectivity index (χ1) is 7.92. The Kier molecular flexibility index (Phi) is 2.92. The third-order valence-corrected chi connectivity index (χ3v) is 4.21. The van der Waals surface area contributed by atoms with Gasteiger partial charge < -0.3 is 5.11 Å². The number of nitrogens with one attached hydrogen (secondary N) is 2. The quantitative estimate of drug-likeness (QED) is 0.694. The van der Waals surface area contributed by atoms with Crippen molar-refractivity contribution in [2.75, 3.05) is 6.54 Å². The highest BCUT2D eigenvalue weighted by atomic mass is 32.2. The predicted molar refractivity (Wildman–Crippen MR) is 58.2 cm³/mol. The molecule has 0 atom stereocenters. The Balaban J connectivity index is 2.30. The van der Waals surface area contributed by atoms with E-state index < -0.39 is 21.7 Å². The van der Waals surface area contributed by atoms with Crippen LogP contribution in [-0.4, -0.2) is 36.2 Å². The molecule has 8 heteroatoms. The molecule has 1 heterocycles. The minimum atomic E-state index is -3.80. The molecule has 3 N–H and O–H groups in total. The molecule has 94 valence electrons. The maximum absolute atomic E-state index is 11.9. The van der Waals surface area contributed by atoms with Gasteiger partial charge in [-0.25, -0.2) is 17.9 Å². The molecule has 0 saturated heterocycles. The van der Waals surface area contributed by atoms with Crippen LogP contribution in [0.4, 0.5) is 0 Å². The number of hydrogen-bond donors (Lipinski definition) is 3. The van der Waals surface area contributed by atoms with Crippen molar-refractivity contribution in [2.45, 2.75) is 24.7 Å². The lowest BCUT2D eigenvalue weighted by atomic mass is 10.4. The molecule has 1 saturated carbocycles. The Morgan fingerprint density at radius 2 is 2.24 bits per heavy atom. The number of rotatable bonds is 5. The minimum absolute atomic E-state index is 0.227. The van der Waals surface area contributed by atoms with Crippen molar-refractivity contribution in [1.29, 1.82) is 0 Å². The second-order valence-corrected chi connectivity index (χ2v) is 5.83. The number of aromatic carboxylic acids is 1. The Morgan fingerprint density at radius 3 is 2.76 bits per heavy atom. The molecule has 1 aliphatic rings. The fraction of sp³-hybridized carbons (Fsp3) is 0.556.